The molecule has 1 unspecified atom stereocenters. The van der Waals surface area contributed by atoms with Crippen molar-refractivity contribution < 1.29 is 31.2 Å². The number of amides is 2. The van der Waals surface area contributed by atoms with E-state index in [4.69, 9.17) is 0 Å². The Labute approximate surface area is 172 Å². The molecule has 0 radical (unpaired) electrons. The standard InChI is InChI=1S/C20H21F3N2O4S/c1-3-17(19(27)25-16-6-4-5-14(11-16)20(21,22)23)30(28,29)12-18(26)24-15-9-7-13(2)8-10-15/h4-11,17H,3,12H2,1-2H3,(H,24,26)(H,25,27). The molecule has 2 aromatic rings. The van der Waals surface area contributed by atoms with Crippen molar-refractivity contribution in [1.29, 1.82) is 0 Å². The molecule has 0 saturated heterocycles. The van der Waals surface area contributed by atoms with Crippen LogP contribution in [0.2, 0.25) is 0 Å². The van der Waals surface area contributed by atoms with Crippen molar-refractivity contribution >= 4 is 33.0 Å². The third-order valence-electron chi connectivity index (χ3n) is 4.22. The van der Waals surface area contributed by atoms with Crippen LogP contribution in [-0.4, -0.2) is 31.2 Å². The lowest BCUT2D eigenvalue weighted by atomic mass is 10.2. The Morgan fingerprint density at radius 3 is 2.20 bits per heavy atom. The van der Waals surface area contributed by atoms with Gasteiger partial charge in [-0.2, -0.15) is 13.2 Å². The van der Waals surface area contributed by atoms with Gasteiger partial charge in [0.25, 0.3) is 0 Å². The summed E-state index contributed by atoms with van der Waals surface area (Å²) in [6.07, 6.45) is -4.75. The molecule has 2 rings (SSSR count). The van der Waals surface area contributed by atoms with E-state index < -0.39 is 44.4 Å². The molecule has 0 aliphatic rings. The predicted octanol–water partition coefficient (Wildman–Crippen LogP) is 3.78. The topological polar surface area (TPSA) is 92.3 Å². The summed E-state index contributed by atoms with van der Waals surface area (Å²) in [6.45, 7) is 3.29. The number of carbonyl (C=O) groups is 2. The summed E-state index contributed by atoms with van der Waals surface area (Å²) in [5, 5.41) is 3.05. The first-order valence-corrected chi connectivity index (χ1v) is 10.7. The van der Waals surface area contributed by atoms with E-state index in [0.29, 0.717) is 11.8 Å². The number of halogens is 3. The minimum Gasteiger partial charge on any atom is -0.325 e. The van der Waals surface area contributed by atoms with Crippen LogP contribution in [0.25, 0.3) is 0 Å². The van der Waals surface area contributed by atoms with E-state index in [2.05, 4.69) is 10.6 Å². The molecule has 162 valence electrons. The van der Waals surface area contributed by atoms with E-state index in [1.54, 1.807) is 24.3 Å². The van der Waals surface area contributed by atoms with Gasteiger partial charge in [0.15, 0.2) is 9.84 Å². The molecule has 10 heteroatoms. The van der Waals surface area contributed by atoms with Gasteiger partial charge >= 0.3 is 6.18 Å². The van der Waals surface area contributed by atoms with Gasteiger partial charge < -0.3 is 10.6 Å². The molecule has 0 spiro atoms. The van der Waals surface area contributed by atoms with Crippen LogP contribution in [0, 0.1) is 6.92 Å². The quantitative estimate of drug-likeness (QED) is 0.683. The van der Waals surface area contributed by atoms with Crippen LogP contribution < -0.4 is 10.6 Å². The summed E-state index contributed by atoms with van der Waals surface area (Å²) in [7, 11) is -4.20. The number of benzene rings is 2. The maximum Gasteiger partial charge on any atom is 0.416 e. The monoisotopic (exact) mass is 442 g/mol. The number of nitrogens with one attached hydrogen (secondary N) is 2. The summed E-state index contributed by atoms with van der Waals surface area (Å²) in [5.74, 6) is -2.75. The van der Waals surface area contributed by atoms with Gasteiger partial charge in [-0.25, -0.2) is 8.42 Å². The fraction of sp³-hybridized carbons (Fsp3) is 0.300. The molecular weight excluding hydrogens is 421 g/mol. The molecule has 0 aliphatic heterocycles. The molecule has 2 aromatic carbocycles. The van der Waals surface area contributed by atoms with Gasteiger partial charge in [-0.05, 0) is 43.7 Å². The number of hydrogen-bond donors (Lipinski definition) is 2. The Morgan fingerprint density at radius 1 is 1.00 bits per heavy atom. The third-order valence-corrected chi connectivity index (χ3v) is 6.30. The maximum absolute atomic E-state index is 12.8. The van der Waals surface area contributed by atoms with Crippen LogP contribution in [0.3, 0.4) is 0 Å². The van der Waals surface area contributed by atoms with Crippen LogP contribution >= 0.6 is 0 Å². The van der Waals surface area contributed by atoms with Gasteiger partial charge in [0.1, 0.15) is 11.0 Å². The summed E-state index contributed by atoms with van der Waals surface area (Å²) in [4.78, 5) is 24.5. The van der Waals surface area contributed by atoms with Crippen molar-refractivity contribution in [2.24, 2.45) is 0 Å². The first-order valence-electron chi connectivity index (χ1n) is 8.98. The second kappa shape index (κ2) is 9.29. The fourth-order valence-electron chi connectivity index (χ4n) is 2.72. The number of alkyl halides is 3. The predicted molar refractivity (Wildman–Crippen MR) is 108 cm³/mol. The zero-order valence-electron chi connectivity index (χ0n) is 16.3. The van der Waals surface area contributed by atoms with E-state index in [1.807, 2.05) is 6.92 Å². The van der Waals surface area contributed by atoms with E-state index in [9.17, 15) is 31.2 Å². The molecule has 0 fully saturated rings. The molecule has 0 aromatic heterocycles. The molecule has 0 saturated carbocycles. The molecule has 0 aliphatic carbocycles. The van der Waals surface area contributed by atoms with E-state index >= 15 is 0 Å². The number of hydrogen-bond acceptors (Lipinski definition) is 4. The number of anilines is 2. The summed E-state index contributed by atoms with van der Waals surface area (Å²) in [5.41, 5.74) is 0.196. The van der Waals surface area contributed by atoms with Crippen molar-refractivity contribution in [1.82, 2.24) is 0 Å². The third kappa shape index (κ3) is 6.31. The Balaban J connectivity index is 2.10. The Kier molecular flexibility index (Phi) is 7.25. The van der Waals surface area contributed by atoms with Crippen molar-refractivity contribution in [3.8, 4) is 0 Å². The first kappa shape index (κ1) is 23.4. The second-order valence-electron chi connectivity index (χ2n) is 6.69. The number of aryl methyl sites for hydroxylation is 1. The smallest absolute Gasteiger partial charge is 0.325 e. The zero-order valence-corrected chi connectivity index (χ0v) is 17.1. The molecule has 6 nitrogen and oxygen atoms in total. The van der Waals surface area contributed by atoms with Gasteiger partial charge in [0, 0.05) is 11.4 Å². The molecule has 0 heterocycles. The van der Waals surface area contributed by atoms with Gasteiger partial charge in [-0.15, -0.1) is 0 Å². The Morgan fingerprint density at radius 2 is 1.63 bits per heavy atom. The molecule has 30 heavy (non-hydrogen) atoms. The average molecular weight is 442 g/mol. The van der Waals surface area contributed by atoms with Crippen molar-refractivity contribution in [2.45, 2.75) is 31.7 Å². The van der Waals surface area contributed by atoms with E-state index in [1.165, 1.54) is 13.0 Å². The van der Waals surface area contributed by atoms with Crippen LogP contribution in [0.15, 0.2) is 48.5 Å². The summed E-state index contributed by atoms with van der Waals surface area (Å²) >= 11 is 0. The summed E-state index contributed by atoms with van der Waals surface area (Å²) < 4.78 is 63.6. The summed E-state index contributed by atoms with van der Waals surface area (Å²) in [6, 6.07) is 10.6. The largest absolute Gasteiger partial charge is 0.416 e. The molecule has 2 N–H and O–H groups in total. The van der Waals surface area contributed by atoms with Gasteiger partial charge in [0.2, 0.25) is 11.8 Å². The van der Waals surface area contributed by atoms with Crippen molar-refractivity contribution in [2.75, 3.05) is 16.4 Å². The molecule has 2 amide bonds. The van der Waals surface area contributed by atoms with E-state index in [-0.39, 0.29) is 12.1 Å². The van der Waals surface area contributed by atoms with Crippen LogP contribution in [-0.2, 0) is 25.6 Å². The first-order chi connectivity index (χ1) is 13.9. The highest BCUT2D eigenvalue weighted by Crippen LogP contribution is 2.30. The second-order valence-corrected chi connectivity index (χ2v) is 8.87. The van der Waals surface area contributed by atoms with Gasteiger partial charge in [0.05, 0.1) is 5.56 Å². The Hall–Kier alpha value is -2.88. The lowest BCUT2D eigenvalue weighted by molar-refractivity contribution is -0.137. The maximum atomic E-state index is 12.8. The lowest BCUT2D eigenvalue weighted by Crippen LogP contribution is -2.39. The number of sulfone groups is 1. The lowest BCUT2D eigenvalue weighted by Gasteiger charge is -2.16. The van der Waals surface area contributed by atoms with Gasteiger partial charge in [-0.1, -0.05) is 30.7 Å². The highest BCUT2D eigenvalue weighted by atomic mass is 32.2. The Bertz CT molecular complexity index is 1020. The average Bonchev–Trinajstić information content (AvgIpc) is 2.63. The fourth-order valence-corrected chi connectivity index (χ4v) is 4.25. The van der Waals surface area contributed by atoms with Crippen molar-refractivity contribution in [3.05, 3.63) is 59.7 Å². The SMILES string of the molecule is CCC(C(=O)Nc1cccc(C(F)(F)F)c1)S(=O)(=O)CC(=O)Nc1ccc(C)cc1. The number of carbonyl (C=O) groups excluding carboxylic acids is 2. The molecular formula is C20H21F3N2O4S. The minimum atomic E-state index is -4.61. The number of rotatable bonds is 7. The van der Waals surface area contributed by atoms with Crippen LogP contribution in [0.5, 0.6) is 0 Å². The molecule has 0 bridgehead atoms. The van der Waals surface area contributed by atoms with Gasteiger partial charge in [-0.3, -0.25) is 9.59 Å². The molecule has 1 atom stereocenters. The van der Waals surface area contributed by atoms with E-state index in [0.717, 1.165) is 17.7 Å². The minimum absolute atomic E-state index is 0.148. The normalized spacial score (nSPS) is 12.8. The highest BCUT2D eigenvalue weighted by Gasteiger charge is 2.34. The highest BCUT2D eigenvalue weighted by molar-refractivity contribution is 7.93. The zero-order chi connectivity index (χ0) is 22.5. The van der Waals surface area contributed by atoms with Crippen LogP contribution in [0.1, 0.15) is 24.5 Å². The van der Waals surface area contributed by atoms with Crippen molar-refractivity contribution in [3.63, 3.8) is 0 Å². The van der Waals surface area contributed by atoms with Crippen LogP contribution in [0.4, 0.5) is 24.5 Å².